The Morgan fingerprint density at radius 2 is 1.82 bits per heavy atom. The highest BCUT2D eigenvalue weighted by Gasteiger charge is 2.28. The van der Waals surface area contributed by atoms with E-state index in [0.29, 0.717) is 44.0 Å². The van der Waals surface area contributed by atoms with Crippen LogP contribution in [0.15, 0.2) is 53.4 Å². The van der Waals surface area contributed by atoms with E-state index in [0.717, 1.165) is 5.56 Å². The Morgan fingerprint density at radius 1 is 1.14 bits per heavy atom. The average Bonchev–Trinajstić information content (AvgIpc) is 2.71. The summed E-state index contributed by atoms with van der Waals surface area (Å²) in [4.78, 5) is 13.0. The van der Waals surface area contributed by atoms with E-state index in [1.165, 1.54) is 4.31 Å². The molecule has 0 bridgehead atoms. The van der Waals surface area contributed by atoms with Gasteiger partial charge in [0.15, 0.2) is 0 Å². The molecule has 1 heterocycles. The predicted molar refractivity (Wildman–Crippen MR) is 109 cm³/mol. The molecule has 1 unspecified atom stereocenters. The molecular formula is C21H26N2O4S. The molecular weight excluding hydrogens is 376 g/mol. The first-order valence-electron chi connectivity index (χ1n) is 9.48. The van der Waals surface area contributed by atoms with Crippen molar-refractivity contribution in [1.29, 1.82) is 0 Å². The molecule has 0 saturated carbocycles. The SMILES string of the molecule is CCC(C(=O)Nc1ccc(C)c(S(=O)(=O)N2CCOCC2)c1)c1ccccc1. The zero-order chi connectivity index (χ0) is 20.1. The molecule has 7 heteroatoms. The fourth-order valence-corrected chi connectivity index (χ4v) is 5.03. The van der Waals surface area contributed by atoms with Crippen LogP contribution in [0.1, 0.15) is 30.4 Å². The van der Waals surface area contributed by atoms with Crippen LogP contribution in [0.5, 0.6) is 0 Å². The lowest BCUT2D eigenvalue weighted by atomic mass is 9.95. The third-order valence-electron chi connectivity index (χ3n) is 4.97. The molecule has 2 aromatic carbocycles. The highest BCUT2D eigenvalue weighted by atomic mass is 32.2. The van der Waals surface area contributed by atoms with Crippen molar-refractivity contribution in [3.63, 3.8) is 0 Å². The molecule has 0 aromatic heterocycles. The van der Waals surface area contributed by atoms with Crippen molar-refractivity contribution in [2.45, 2.75) is 31.1 Å². The largest absolute Gasteiger partial charge is 0.379 e. The second-order valence-electron chi connectivity index (χ2n) is 6.86. The maximum Gasteiger partial charge on any atom is 0.243 e. The first-order valence-corrected chi connectivity index (χ1v) is 10.9. The van der Waals surface area contributed by atoms with Crippen LogP contribution in [0.2, 0.25) is 0 Å². The van der Waals surface area contributed by atoms with Crippen molar-refractivity contribution >= 4 is 21.6 Å². The number of carbonyl (C=O) groups is 1. The van der Waals surface area contributed by atoms with Gasteiger partial charge in [0.25, 0.3) is 0 Å². The standard InChI is InChI=1S/C21H26N2O4S/c1-3-19(17-7-5-4-6-8-17)21(24)22-18-10-9-16(2)20(15-18)28(25,26)23-11-13-27-14-12-23/h4-10,15,19H,3,11-14H2,1-2H3,(H,22,24). The number of carbonyl (C=O) groups excluding carboxylic acids is 1. The topological polar surface area (TPSA) is 75.7 Å². The van der Waals surface area contributed by atoms with Gasteiger partial charge in [0.2, 0.25) is 15.9 Å². The molecule has 6 nitrogen and oxygen atoms in total. The lowest BCUT2D eigenvalue weighted by molar-refractivity contribution is -0.117. The number of benzene rings is 2. The van der Waals surface area contributed by atoms with E-state index < -0.39 is 10.0 Å². The number of aryl methyl sites for hydroxylation is 1. The molecule has 2 aromatic rings. The van der Waals surface area contributed by atoms with E-state index in [1.54, 1.807) is 25.1 Å². The lowest BCUT2D eigenvalue weighted by Gasteiger charge is -2.27. The van der Waals surface area contributed by atoms with Crippen LogP contribution >= 0.6 is 0 Å². The van der Waals surface area contributed by atoms with Crippen molar-refractivity contribution in [3.05, 3.63) is 59.7 Å². The number of amides is 1. The monoisotopic (exact) mass is 402 g/mol. The molecule has 0 radical (unpaired) electrons. The van der Waals surface area contributed by atoms with E-state index >= 15 is 0 Å². The summed E-state index contributed by atoms with van der Waals surface area (Å²) in [5.74, 6) is -0.436. The van der Waals surface area contributed by atoms with Crippen LogP contribution in [0.4, 0.5) is 5.69 Å². The van der Waals surface area contributed by atoms with Gasteiger partial charge in [-0.2, -0.15) is 4.31 Å². The number of nitrogens with zero attached hydrogens (tertiary/aromatic N) is 1. The van der Waals surface area contributed by atoms with Gasteiger partial charge in [-0.15, -0.1) is 0 Å². The molecule has 1 saturated heterocycles. The molecule has 150 valence electrons. The smallest absolute Gasteiger partial charge is 0.243 e. The molecule has 1 aliphatic heterocycles. The Hall–Kier alpha value is -2.22. The van der Waals surface area contributed by atoms with Crippen LogP contribution in [-0.2, 0) is 19.6 Å². The first kappa shape index (κ1) is 20.5. The summed E-state index contributed by atoms with van der Waals surface area (Å²) in [6, 6.07) is 14.6. The van der Waals surface area contributed by atoms with Gasteiger partial charge in [0.05, 0.1) is 24.0 Å². The van der Waals surface area contributed by atoms with Crippen molar-refractivity contribution < 1.29 is 17.9 Å². The molecule has 0 aliphatic carbocycles. The van der Waals surface area contributed by atoms with Crippen LogP contribution in [0.25, 0.3) is 0 Å². The zero-order valence-electron chi connectivity index (χ0n) is 16.2. The number of rotatable bonds is 6. The number of hydrogen-bond acceptors (Lipinski definition) is 4. The third-order valence-corrected chi connectivity index (χ3v) is 7.01. The third kappa shape index (κ3) is 4.43. The number of ether oxygens (including phenoxy) is 1. The molecule has 1 amide bonds. The Morgan fingerprint density at radius 3 is 2.46 bits per heavy atom. The zero-order valence-corrected chi connectivity index (χ0v) is 17.0. The van der Waals surface area contributed by atoms with Gasteiger partial charge in [0.1, 0.15) is 0 Å². The molecule has 28 heavy (non-hydrogen) atoms. The number of anilines is 1. The van der Waals surface area contributed by atoms with Gasteiger partial charge in [-0.25, -0.2) is 8.42 Å². The fourth-order valence-electron chi connectivity index (χ4n) is 3.37. The van der Waals surface area contributed by atoms with Crippen molar-refractivity contribution in [2.75, 3.05) is 31.6 Å². The molecule has 1 atom stereocenters. The predicted octanol–water partition coefficient (Wildman–Crippen LogP) is 3.15. The van der Waals surface area contributed by atoms with E-state index in [-0.39, 0.29) is 16.7 Å². The summed E-state index contributed by atoms with van der Waals surface area (Å²) in [7, 11) is -3.63. The van der Waals surface area contributed by atoms with Gasteiger partial charge >= 0.3 is 0 Å². The minimum Gasteiger partial charge on any atom is -0.379 e. The minimum atomic E-state index is -3.63. The van der Waals surface area contributed by atoms with Gasteiger partial charge < -0.3 is 10.1 Å². The normalized spacial score (nSPS) is 16.5. The van der Waals surface area contributed by atoms with Crippen LogP contribution in [0.3, 0.4) is 0 Å². The molecule has 3 rings (SSSR count). The lowest BCUT2D eigenvalue weighted by Crippen LogP contribution is -2.40. The molecule has 0 spiro atoms. The second-order valence-corrected chi connectivity index (χ2v) is 8.76. The Kier molecular flexibility index (Phi) is 6.49. The highest BCUT2D eigenvalue weighted by Crippen LogP contribution is 2.26. The van der Waals surface area contributed by atoms with Crippen LogP contribution in [-0.4, -0.2) is 44.9 Å². The molecule has 1 fully saturated rings. The van der Waals surface area contributed by atoms with E-state index in [2.05, 4.69) is 5.32 Å². The van der Waals surface area contributed by atoms with E-state index in [1.807, 2.05) is 37.3 Å². The second kappa shape index (κ2) is 8.86. The Bertz CT molecular complexity index is 923. The number of nitrogens with one attached hydrogen (secondary N) is 1. The van der Waals surface area contributed by atoms with Gasteiger partial charge in [-0.3, -0.25) is 4.79 Å². The van der Waals surface area contributed by atoms with Crippen molar-refractivity contribution in [2.24, 2.45) is 0 Å². The summed E-state index contributed by atoms with van der Waals surface area (Å²) in [6.07, 6.45) is 0.653. The first-order chi connectivity index (χ1) is 13.4. The number of morpholine rings is 1. The molecule has 1 aliphatic rings. The summed E-state index contributed by atoms with van der Waals surface area (Å²) in [5, 5.41) is 2.89. The van der Waals surface area contributed by atoms with Crippen molar-refractivity contribution in [1.82, 2.24) is 4.31 Å². The van der Waals surface area contributed by atoms with Crippen LogP contribution in [0, 0.1) is 6.92 Å². The summed E-state index contributed by atoms with van der Waals surface area (Å²) in [6.45, 7) is 5.18. The maximum atomic E-state index is 13.0. The average molecular weight is 403 g/mol. The van der Waals surface area contributed by atoms with Crippen molar-refractivity contribution in [3.8, 4) is 0 Å². The van der Waals surface area contributed by atoms with Gasteiger partial charge in [0, 0.05) is 18.8 Å². The van der Waals surface area contributed by atoms with Gasteiger partial charge in [-0.1, -0.05) is 43.3 Å². The number of sulfonamides is 1. The maximum absolute atomic E-state index is 13.0. The van der Waals surface area contributed by atoms with E-state index in [9.17, 15) is 13.2 Å². The fraction of sp³-hybridized carbons (Fsp3) is 0.381. The minimum absolute atomic E-state index is 0.146. The highest BCUT2D eigenvalue weighted by molar-refractivity contribution is 7.89. The number of hydrogen-bond donors (Lipinski definition) is 1. The van der Waals surface area contributed by atoms with Crippen LogP contribution < -0.4 is 5.32 Å². The quantitative estimate of drug-likeness (QED) is 0.805. The summed E-state index contributed by atoms with van der Waals surface area (Å²) in [5.41, 5.74) is 2.08. The summed E-state index contributed by atoms with van der Waals surface area (Å²) >= 11 is 0. The van der Waals surface area contributed by atoms with Gasteiger partial charge in [-0.05, 0) is 36.6 Å². The van der Waals surface area contributed by atoms with E-state index in [4.69, 9.17) is 4.74 Å². The Labute approximate surface area is 166 Å². The summed E-state index contributed by atoms with van der Waals surface area (Å²) < 4.78 is 32.7. The Balaban J connectivity index is 1.84. The molecule has 1 N–H and O–H groups in total.